The highest BCUT2D eigenvalue weighted by atomic mass is 79.9. The molecule has 188 valence electrons. The molecule has 36 heavy (non-hydrogen) atoms. The number of nitriles is 1. The fraction of sp³-hybridized carbons (Fsp3) is 0.333. The van der Waals surface area contributed by atoms with E-state index in [1.54, 1.807) is 18.2 Å². The molecule has 2 aromatic rings. The number of rotatable bonds is 6. The quantitative estimate of drug-likeness (QED) is 0.413. The summed E-state index contributed by atoms with van der Waals surface area (Å²) < 4.78 is 32.3. The molecular weight excluding hydrogens is 551 g/mol. The number of allylic oxidation sites excluding steroid dienone is 3. The molecule has 0 saturated carbocycles. The minimum atomic E-state index is -0.715. The molecule has 1 unspecified atom stereocenters. The van der Waals surface area contributed by atoms with E-state index in [4.69, 9.17) is 31.5 Å². The molecule has 1 heterocycles. The van der Waals surface area contributed by atoms with Gasteiger partial charge in [-0.25, -0.2) is 4.39 Å². The second-order valence-electron chi connectivity index (χ2n) is 9.45. The molecule has 2 N–H and O–H groups in total. The Bertz CT molecular complexity index is 1330. The van der Waals surface area contributed by atoms with Gasteiger partial charge in [0.25, 0.3) is 0 Å². The fourth-order valence-electron chi connectivity index (χ4n) is 4.59. The molecule has 0 amide bonds. The fourth-order valence-corrected chi connectivity index (χ4v) is 5.38. The molecule has 2 aliphatic rings. The lowest BCUT2D eigenvalue weighted by molar-refractivity contribution is -0.119. The monoisotopic (exact) mass is 574 g/mol. The number of nitrogens with two attached hydrogens (primary N) is 1. The first-order valence-electron chi connectivity index (χ1n) is 11.4. The Morgan fingerprint density at radius 2 is 2.06 bits per heavy atom. The van der Waals surface area contributed by atoms with Gasteiger partial charge in [-0.3, -0.25) is 4.79 Å². The van der Waals surface area contributed by atoms with E-state index in [1.165, 1.54) is 12.1 Å². The number of ether oxygens (including phenoxy) is 3. The zero-order chi connectivity index (χ0) is 26.2. The van der Waals surface area contributed by atoms with Crippen LogP contribution in [0.3, 0.4) is 0 Å². The summed E-state index contributed by atoms with van der Waals surface area (Å²) in [7, 11) is 0. The van der Waals surface area contributed by atoms with Crippen LogP contribution in [0.15, 0.2) is 57.6 Å². The third-order valence-corrected chi connectivity index (χ3v) is 7.11. The second-order valence-corrected chi connectivity index (χ2v) is 10.7. The first kappa shape index (κ1) is 26.1. The number of hydrogen-bond acceptors (Lipinski definition) is 6. The summed E-state index contributed by atoms with van der Waals surface area (Å²) in [6.07, 6.45) is 0.850. The molecule has 0 spiro atoms. The van der Waals surface area contributed by atoms with Gasteiger partial charge in [0.2, 0.25) is 5.88 Å². The summed E-state index contributed by atoms with van der Waals surface area (Å²) in [5, 5.41) is 10.2. The van der Waals surface area contributed by atoms with Gasteiger partial charge < -0.3 is 19.9 Å². The maximum atomic E-state index is 14.3. The lowest BCUT2D eigenvalue weighted by Gasteiger charge is -2.37. The molecule has 1 atom stereocenters. The summed E-state index contributed by atoms with van der Waals surface area (Å²) in [5.74, 6) is -0.109. The molecule has 2 aromatic carbocycles. The van der Waals surface area contributed by atoms with E-state index in [9.17, 15) is 14.4 Å². The van der Waals surface area contributed by atoms with Gasteiger partial charge >= 0.3 is 0 Å². The molecule has 0 aromatic heterocycles. The molecule has 1 aliphatic heterocycles. The molecule has 1 aliphatic carbocycles. The summed E-state index contributed by atoms with van der Waals surface area (Å²) in [6.45, 7) is 6.00. The van der Waals surface area contributed by atoms with Crippen LogP contribution in [-0.2, 0) is 16.1 Å². The van der Waals surface area contributed by atoms with Gasteiger partial charge in [-0.15, -0.1) is 0 Å². The predicted molar refractivity (Wildman–Crippen MR) is 137 cm³/mol. The Kier molecular flexibility index (Phi) is 7.35. The SMILES string of the molecule is CCOc1cc(C2C(C#N)=C(N)OC3=C2C(=O)CC(C)(C)C3)cc(Br)c1OCc1c(F)cccc1Cl. The summed E-state index contributed by atoms with van der Waals surface area (Å²) in [4.78, 5) is 13.3. The summed E-state index contributed by atoms with van der Waals surface area (Å²) in [6, 6.07) is 10.0. The summed E-state index contributed by atoms with van der Waals surface area (Å²) in [5.41, 5.74) is 7.27. The van der Waals surface area contributed by atoms with Crippen molar-refractivity contribution in [3.8, 4) is 17.6 Å². The molecule has 0 saturated heterocycles. The topological polar surface area (TPSA) is 94.6 Å². The smallest absolute Gasteiger partial charge is 0.205 e. The van der Waals surface area contributed by atoms with Crippen LogP contribution in [0.2, 0.25) is 5.02 Å². The molecular formula is C27H25BrClFN2O4. The average Bonchev–Trinajstić information content (AvgIpc) is 2.78. The number of carbonyl (C=O) groups is 1. The third-order valence-electron chi connectivity index (χ3n) is 6.16. The number of carbonyl (C=O) groups excluding carboxylic acids is 1. The van der Waals surface area contributed by atoms with Gasteiger partial charge in [0, 0.05) is 24.0 Å². The molecule has 0 radical (unpaired) electrons. The van der Waals surface area contributed by atoms with E-state index in [-0.39, 0.29) is 39.8 Å². The Balaban J connectivity index is 1.79. The normalized spacial score (nSPS) is 18.9. The Morgan fingerprint density at radius 1 is 1.31 bits per heavy atom. The van der Waals surface area contributed by atoms with Gasteiger partial charge in [0.15, 0.2) is 17.3 Å². The molecule has 0 fully saturated rings. The van der Waals surface area contributed by atoms with E-state index >= 15 is 0 Å². The Hall–Kier alpha value is -3.02. The number of halogens is 3. The van der Waals surface area contributed by atoms with E-state index in [1.807, 2.05) is 20.8 Å². The Morgan fingerprint density at radius 3 is 2.72 bits per heavy atom. The highest BCUT2D eigenvalue weighted by Crippen LogP contribution is 2.50. The van der Waals surface area contributed by atoms with Crippen molar-refractivity contribution in [2.24, 2.45) is 11.1 Å². The van der Waals surface area contributed by atoms with Crippen molar-refractivity contribution < 1.29 is 23.4 Å². The van der Waals surface area contributed by atoms with E-state index in [0.717, 1.165) is 0 Å². The van der Waals surface area contributed by atoms with Gasteiger partial charge in [-0.1, -0.05) is 31.5 Å². The number of hydrogen-bond donors (Lipinski definition) is 1. The zero-order valence-corrected chi connectivity index (χ0v) is 22.4. The third kappa shape index (κ3) is 4.95. The Labute approximate surface area is 222 Å². The standard InChI is InChI=1S/C27H25BrClFN2O4/c1-4-34-21-9-14(8-17(28)25(21)35-13-16-18(29)6-5-7-19(16)30)23-15(12-31)26(32)36-22-11-27(2,3)10-20(33)24(22)23/h5-9,23H,4,10-11,13,32H2,1-3H3. The van der Waals surface area contributed by atoms with Crippen molar-refractivity contribution in [3.63, 3.8) is 0 Å². The highest BCUT2D eigenvalue weighted by Gasteiger charge is 2.43. The maximum Gasteiger partial charge on any atom is 0.205 e. The van der Waals surface area contributed by atoms with Gasteiger partial charge in [0.1, 0.15) is 29.8 Å². The minimum absolute atomic E-state index is 0.0182. The second kappa shape index (κ2) is 10.2. The van der Waals surface area contributed by atoms with Crippen LogP contribution in [0.5, 0.6) is 11.5 Å². The van der Waals surface area contributed by atoms with Crippen LogP contribution >= 0.6 is 27.5 Å². The van der Waals surface area contributed by atoms with E-state index < -0.39 is 11.7 Å². The number of Topliss-reactive ketones (excluding diaryl/α,β-unsaturated/α-hetero) is 1. The lowest BCUT2D eigenvalue weighted by Crippen LogP contribution is -2.33. The largest absolute Gasteiger partial charge is 0.490 e. The van der Waals surface area contributed by atoms with E-state index in [0.29, 0.717) is 52.3 Å². The van der Waals surface area contributed by atoms with Gasteiger partial charge in [-0.05, 0) is 58.1 Å². The number of nitrogens with zero attached hydrogens (tertiary/aromatic N) is 1. The highest BCUT2D eigenvalue weighted by molar-refractivity contribution is 9.10. The summed E-state index contributed by atoms with van der Waals surface area (Å²) >= 11 is 9.68. The van der Waals surface area contributed by atoms with Crippen molar-refractivity contribution in [1.29, 1.82) is 5.26 Å². The van der Waals surface area contributed by atoms with Crippen LogP contribution in [-0.4, -0.2) is 12.4 Å². The van der Waals surface area contributed by atoms with Crippen LogP contribution in [0.4, 0.5) is 4.39 Å². The van der Waals surface area contributed by atoms with Crippen molar-refractivity contribution >= 4 is 33.3 Å². The predicted octanol–water partition coefficient (Wildman–Crippen LogP) is 6.67. The van der Waals surface area contributed by atoms with Crippen molar-refractivity contribution in [2.75, 3.05) is 6.61 Å². The van der Waals surface area contributed by atoms with Gasteiger partial charge in [-0.2, -0.15) is 5.26 Å². The first-order chi connectivity index (χ1) is 17.1. The number of benzene rings is 2. The van der Waals surface area contributed by atoms with Crippen molar-refractivity contribution in [1.82, 2.24) is 0 Å². The maximum absolute atomic E-state index is 14.3. The van der Waals surface area contributed by atoms with Crippen molar-refractivity contribution in [2.45, 2.75) is 46.1 Å². The van der Waals surface area contributed by atoms with E-state index in [2.05, 4.69) is 22.0 Å². The van der Waals surface area contributed by atoms with Crippen LogP contribution in [0.1, 0.15) is 50.7 Å². The van der Waals surface area contributed by atoms with Crippen LogP contribution < -0.4 is 15.2 Å². The molecule has 4 rings (SSSR count). The first-order valence-corrected chi connectivity index (χ1v) is 12.6. The average molecular weight is 576 g/mol. The molecule has 9 heteroatoms. The number of ketones is 1. The zero-order valence-electron chi connectivity index (χ0n) is 20.1. The lowest BCUT2D eigenvalue weighted by atomic mass is 9.70. The van der Waals surface area contributed by atoms with Crippen LogP contribution in [0, 0.1) is 22.6 Å². The van der Waals surface area contributed by atoms with Crippen LogP contribution in [0.25, 0.3) is 0 Å². The van der Waals surface area contributed by atoms with Crippen molar-refractivity contribution in [3.05, 3.63) is 79.6 Å². The molecule has 6 nitrogen and oxygen atoms in total. The molecule has 0 bridgehead atoms. The van der Waals surface area contributed by atoms with Gasteiger partial charge in [0.05, 0.1) is 22.0 Å². The minimum Gasteiger partial charge on any atom is -0.490 e.